The fourth-order valence-corrected chi connectivity index (χ4v) is 2.36. The number of rotatable bonds is 0. The first kappa shape index (κ1) is 10.4. The van der Waals surface area contributed by atoms with Crippen LogP contribution in [0.5, 0.6) is 5.75 Å². The predicted octanol–water partition coefficient (Wildman–Crippen LogP) is 2.46. The molecule has 1 aromatic carbocycles. The third kappa shape index (κ3) is 1.15. The van der Waals surface area contributed by atoms with E-state index in [0.29, 0.717) is 0 Å². The first-order valence-corrected chi connectivity index (χ1v) is 5.13. The number of fused-ring (bicyclic) bond motifs is 3. The van der Waals surface area contributed by atoms with Gasteiger partial charge in [0.05, 0.1) is 5.69 Å². The Bertz CT molecular complexity index is 500. The van der Waals surface area contributed by atoms with Crippen LogP contribution in [0.3, 0.4) is 0 Å². The summed E-state index contributed by atoms with van der Waals surface area (Å²) in [5.41, 5.74) is -2.29. The number of hydrogen-bond acceptors (Lipinski definition) is 2. The van der Waals surface area contributed by atoms with Gasteiger partial charge in [0.1, 0.15) is 5.75 Å². The van der Waals surface area contributed by atoms with Crippen LogP contribution in [0.1, 0.15) is 12.8 Å². The molecule has 17 heavy (non-hydrogen) atoms. The van der Waals surface area contributed by atoms with E-state index >= 15 is 0 Å². The molecule has 2 aliphatic rings. The van der Waals surface area contributed by atoms with Gasteiger partial charge in [0.25, 0.3) is 5.72 Å². The number of nitrogens with zero attached hydrogens (tertiary/aromatic N) is 1. The number of anilines is 1. The van der Waals surface area contributed by atoms with E-state index in [-0.39, 0.29) is 24.3 Å². The van der Waals surface area contributed by atoms with E-state index in [2.05, 4.69) is 0 Å². The second kappa shape index (κ2) is 2.94. The summed E-state index contributed by atoms with van der Waals surface area (Å²) in [7, 11) is 0. The number of carbonyl (C=O) groups excluding carboxylic acids is 1. The van der Waals surface area contributed by atoms with Crippen molar-refractivity contribution in [2.45, 2.75) is 24.7 Å². The summed E-state index contributed by atoms with van der Waals surface area (Å²) >= 11 is 0. The number of alkyl halides is 3. The SMILES string of the molecule is O=C1CC[C@]2(C(F)(F)F)Oc3ccccc3N12. The van der Waals surface area contributed by atoms with Crippen LogP contribution in [0.4, 0.5) is 18.9 Å². The average molecular weight is 243 g/mol. The standard InChI is InChI=1S/C11H8F3NO2/c12-11(13,14)10-6-5-9(16)15(10)7-3-1-2-4-8(7)17-10/h1-4H,5-6H2/t10-/m1/s1. The van der Waals surface area contributed by atoms with Crippen LogP contribution in [-0.4, -0.2) is 17.8 Å². The molecule has 0 unspecified atom stereocenters. The van der Waals surface area contributed by atoms with Gasteiger partial charge in [-0.05, 0) is 12.1 Å². The van der Waals surface area contributed by atoms with Gasteiger partial charge in [0, 0.05) is 12.8 Å². The molecule has 2 heterocycles. The molecule has 0 N–H and O–H groups in total. The van der Waals surface area contributed by atoms with Gasteiger partial charge in [-0.25, -0.2) is 0 Å². The molecule has 3 nitrogen and oxygen atoms in total. The van der Waals surface area contributed by atoms with Gasteiger partial charge >= 0.3 is 6.18 Å². The quantitative estimate of drug-likeness (QED) is 0.700. The Morgan fingerprint density at radius 2 is 2.00 bits per heavy atom. The number of carbonyl (C=O) groups is 1. The minimum atomic E-state index is -4.60. The molecule has 1 amide bonds. The van der Waals surface area contributed by atoms with Crippen molar-refractivity contribution >= 4 is 11.6 Å². The summed E-state index contributed by atoms with van der Waals surface area (Å²) in [6, 6.07) is 6.07. The third-order valence-electron chi connectivity index (χ3n) is 3.12. The Morgan fingerprint density at radius 1 is 1.29 bits per heavy atom. The predicted molar refractivity (Wildman–Crippen MR) is 52.6 cm³/mol. The van der Waals surface area contributed by atoms with E-state index < -0.39 is 17.8 Å². The van der Waals surface area contributed by atoms with Crippen LogP contribution < -0.4 is 9.64 Å². The van der Waals surface area contributed by atoms with E-state index in [0.717, 1.165) is 4.90 Å². The third-order valence-corrected chi connectivity index (χ3v) is 3.12. The van der Waals surface area contributed by atoms with Crippen LogP contribution in [0.25, 0.3) is 0 Å². The largest absolute Gasteiger partial charge is 0.455 e. The number of amides is 1. The molecule has 1 atom stereocenters. The molecule has 6 heteroatoms. The molecule has 0 aromatic heterocycles. The summed E-state index contributed by atoms with van der Waals surface area (Å²) < 4.78 is 44.4. The van der Waals surface area contributed by atoms with Crippen molar-refractivity contribution < 1.29 is 22.7 Å². The normalized spacial score (nSPS) is 26.8. The Labute approximate surface area is 94.8 Å². The van der Waals surface area contributed by atoms with E-state index in [1.807, 2.05) is 0 Å². The van der Waals surface area contributed by atoms with Crippen LogP contribution in [0.2, 0.25) is 0 Å². The number of benzene rings is 1. The van der Waals surface area contributed by atoms with Crippen molar-refractivity contribution in [2.75, 3.05) is 4.90 Å². The molecule has 1 saturated heterocycles. The van der Waals surface area contributed by atoms with E-state index in [1.54, 1.807) is 12.1 Å². The minimum absolute atomic E-state index is 0.109. The van der Waals surface area contributed by atoms with Gasteiger partial charge in [-0.1, -0.05) is 12.1 Å². The highest BCUT2D eigenvalue weighted by Crippen LogP contribution is 2.54. The summed E-state index contributed by atoms with van der Waals surface area (Å²) in [5.74, 6) is -0.440. The molecule has 0 radical (unpaired) electrons. The monoisotopic (exact) mass is 243 g/mol. The molecular weight excluding hydrogens is 235 g/mol. The van der Waals surface area contributed by atoms with Crippen molar-refractivity contribution in [2.24, 2.45) is 0 Å². The summed E-state index contributed by atoms with van der Waals surface area (Å²) in [5, 5.41) is 0. The first-order valence-electron chi connectivity index (χ1n) is 5.13. The summed E-state index contributed by atoms with van der Waals surface area (Å²) in [6.45, 7) is 0. The summed E-state index contributed by atoms with van der Waals surface area (Å²) in [4.78, 5) is 12.4. The molecule has 90 valence electrons. The zero-order chi connectivity index (χ0) is 12.3. The molecule has 0 spiro atoms. The Balaban J connectivity index is 2.18. The lowest BCUT2D eigenvalue weighted by Gasteiger charge is -2.32. The summed E-state index contributed by atoms with van der Waals surface area (Å²) in [6.07, 6.45) is -5.10. The lowest BCUT2D eigenvalue weighted by Crippen LogP contribution is -2.57. The topological polar surface area (TPSA) is 29.5 Å². The average Bonchev–Trinajstić information content (AvgIpc) is 2.75. The van der Waals surface area contributed by atoms with Crippen molar-refractivity contribution in [3.8, 4) is 5.75 Å². The Hall–Kier alpha value is -1.72. The molecule has 0 bridgehead atoms. The van der Waals surface area contributed by atoms with Crippen LogP contribution in [0, 0.1) is 0 Å². The Morgan fingerprint density at radius 3 is 2.71 bits per heavy atom. The molecule has 3 rings (SSSR count). The molecule has 0 saturated carbocycles. The lowest BCUT2D eigenvalue weighted by atomic mass is 10.1. The van der Waals surface area contributed by atoms with Crippen molar-refractivity contribution in [3.05, 3.63) is 24.3 Å². The lowest BCUT2D eigenvalue weighted by molar-refractivity contribution is -0.238. The smallest absolute Gasteiger partial charge is 0.449 e. The van der Waals surface area contributed by atoms with Crippen molar-refractivity contribution in [1.29, 1.82) is 0 Å². The Kier molecular flexibility index (Phi) is 1.80. The zero-order valence-electron chi connectivity index (χ0n) is 8.62. The van der Waals surface area contributed by atoms with Gasteiger partial charge < -0.3 is 4.74 Å². The van der Waals surface area contributed by atoms with E-state index in [9.17, 15) is 18.0 Å². The van der Waals surface area contributed by atoms with Crippen LogP contribution >= 0.6 is 0 Å². The number of para-hydroxylation sites is 2. The maximum atomic E-state index is 13.1. The van der Waals surface area contributed by atoms with E-state index in [1.165, 1.54) is 12.1 Å². The van der Waals surface area contributed by atoms with Crippen LogP contribution in [0.15, 0.2) is 24.3 Å². The minimum Gasteiger partial charge on any atom is -0.455 e. The van der Waals surface area contributed by atoms with Gasteiger partial charge in [-0.15, -0.1) is 0 Å². The molecule has 1 aromatic rings. The van der Waals surface area contributed by atoms with Crippen molar-refractivity contribution in [3.63, 3.8) is 0 Å². The number of halogens is 3. The number of hydrogen-bond donors (Lipinski definition) is 0. The highest BCUT2D eigenvalue weighted by molar-refractivity contribution is 6.00. The zero-order valence-corrected chi connectivity index (χ0v) is 8.62. The van der Waals surface area contributed by atoms with Crippen molar-refractivity contribution in [1.82, 2.24) is 0 Å². The first-order chi connectivity index (χ1) is 7.96. The van der Waals surface area contributed by atoms with Gasteiger partial charge in [0.2, 0.25) is 5.91 Å². The second-order valence-electron chi connectivity index (χ2n) is 4.08. The fourth-order valence-electron chi connectivity index (χ4n) is 2.36. The highest BCUT2D eigenvalue weighted by Gasteiger charge is 2.69. The second-order valence-corrected chi connectivity index (χ2v) is 4.08. The molecule has 0 aliphatic carbocycles. The maximum absolute atomic E-state index is 13.1. The molecular formula is C11H8F3NO2. The van der Waals surface area contributed by atoms with E-state index in [4.69, 9.17) is 4.74 Å². The number of ether oxygens (including phenoxy) is 1. The highest BCUT2D eigenvalue weighted by atomic mass is 19.4. The molecule has 2 aliphatic heterocycles. The fraction of sp³-hybridized carbons (Fsp3) is 0.364. The van der Waals surface area contributed by atoms with Gasteiger partial charge in [0.15, 0.2) is 0 Å². The maximum Gasteiger partial charge on any atom is 0.449 e. The molecule has 1 fully saturated rings. The van der Waals surface area contributed by atoms with Gasteiger partial charge in [-0.3, -0.25) is 9.69 Å². The van der Waals surface area contributed by atoms with Gasteiger partial charge in [-0.2, -0.15) is 13.2 Å². The van der Waals surface area contributed by atoms with Crippen LogP contribution in [-0.2, 0) is 4.79 Å².